The molecule has 3 N–H and O–H groups in total. The molecule has 4 rings (SSSR count). The van der Waals surface area contributed by atoms with Crippen molar-refractivity contribution in [2.24, 2.45) is 0 Å². The van der Waals surface area contributed by atoms with Gasteiger partial charge in [-0.2, -0.15) is 0 Å². The maximum Gasteiger partial charge on any atom is 0.129 e. The number of anilines is 2. The van der Waals surface area contributed by atoms with Crippen molar-refractivity contribution in [3.8, 4) is 11.3 Å². The summed E-state index contributed by atoms with van der Waals surface area (Å²) in [5.74, 6) is 1.55. The van der Waals surface area contributed by atoms with Crippen molar-refractivity contribution in [2.45, 2.75) is 19.8 Å². The van der Waals surface area contributed by atoms with Crippen LogP contribution in [0, 0.1) is 6.92 Å². The summed E-state index contributed by atoms with van der Waals surface area (Å²) in [5, 5.41) is 4.51. The average molecular weight is 370 g/mol. The molecule has 28 heavy (non-hydrogen) atoms. The van der Waals surface area contributed by atoms with Gasteiger partial charge in [0.15, 0.2) is 0 Å². The molecule has 1 aromatic carbocycles. The Hall–Kier alpha value is -3.54. The van der Waals surface area contributed by atoms with Crippen LogP contribution in [0.1, 0.15) is 24.1 Å². The van der Waals surface area contributed by atoms with Gasteiger partial charge < -0.3 is 11.1 Å². The molecular weight excluding hydrogens is 348 g/mol. The topological polar surface area (TPSA) is 89.6 Å². The van der Waals surface area contributed by atoms with Crippen LogP contribution >= 0.6 is 0 Å². The highest BCUT2D eigenvalue weighted by Gasteiger charge is 2.11. The number of aromatic nitrogens is 4. The maximum absolute atomic E-state index is 5.89. The number of rotatable bonds is 5. The van der Waals surface area contributed by atoms with Crippen LogP contribution < -0.4 is 11.1 Å². The van der Waals surface area contributed by atoms with E-state index in [0.717, 1.165) is 45.8 Å². The normalized spacial score (nSPS) is 12.1. The number of nitrogens with zero attached hydrogens (tertiary/aromatic N) is 4. The Labute approximate surface area is 163 Å². The third-order valence-electron chi connectivity index (χ3n) is 4.77. The van der Waals surface area contributed by atoms with E-state index in [1.54, 1.807) is 6.33 Å². The molecule has 1 unspecified atom stereocenters. The standard InChI is InChI=1S/C22H22N6/c1-14(18-5-3-4-16-8-9-20(23)28-22(16)18)11-25-21-10-19(26-13-27-21)17-7-6-15(2)24-12-17/h3-10,12-14H,11H2,1-2H3,(H2,23,28)(H,25,26,27). The number of nitrogens with two attached hydrogens (primary N) is 1. The molecule has 0 bridgehead atoms. The zero-order valence-electron chi connectivity index (χ0n) is 15.9. The minimum Gasteiger partial charge on any atom is -0.384 e. The van der Waals surface area contributed by atoms with E-state index in [4.69, 9.17) is 5.73 Å². The van der Waals surface area contributed by atoms with Gasteiger partial charge in [0.05, 0.1) is 11.2 Å². The smallest absolute Gasteiger partial charge is 0.129 e. The lowest BCUT2D eigenvalue weighted by molar-refractivity contribution is 0.806. The van der Waals surface area contributed by atoms with Crippen LogP contribution in [0.4, 0.5) is 11.6 Å². The van der Waals surface area contributed by atoms with Crippen molar-refractivity contribution in [1.29, 1.82) is 0 Å². The van der Waals surface area contributed by atoms with Gasteiger partial charge in [-0.1, -0.05) is 25.1 Å². The summed E-state index contributed by atoms with van der Waals surface area (Å²) < 4.78 is 0. The summed E-state index contributed by atoms with van der Waals surface area (Å²) in [7, 11) is 0. The quantitative estimate of drug-likeness (QED) is 0.547. The lowest BCUT2D eigenvalue weighted by Gasteiger charge is -2.16. The Kier molecular flexibility index (Phi) is 4.85. The van der Waals surface area contributed by atoms with Crippen LogP contribution in [0.3, 0.4) is 0 Å². The average Bonchev–Trinajstić information content (AvgIpc) is 2.72. The van der Waals surface area contributed by atoms with Crippen LogP contribution in [-0.4, -0.2) is 26.5 Å². The first kappa shape index (κ1) is 17.9. The number of nitrogen functional groups attached to an aromatic ring is 1. The number of aryl methyl sites for hydroxylation is 1. The van der Waals surface area contributed by atoms with E-state index >= 15 is 0 Å². The number of fused-ring (bicyclic) bond motifs is 1. The minimum absolute atomic E-state index is 0.234. The van der Waals surface area contributed by atoms with Crippen LogP contribution in [-0.2, 0) is 0 Å². The van der Waals surface area contributed by atoms with E-state index in [2.05, 4.69) is 50.4 Å². The van der Waals surface area contributed by atoms with E-state index < -0.39 is 0 Å². The SMILES string of the molecule is Cc1ccc(-c2cc(NCC(C)c3cccc4ccc(N)nc34)ncn2)cn1. The third kappa shape index (κ3) is 3.76. The molecule has 1 atom stereocenters. The van der Waals surface area contributed by atoms with E-state index in [0.29, 0.717) is 5.82 Å². The first-order chi connectivity index (χ1) is 13.6. The van der Waals surface area contributed by atoms with Gasteiger partial charge >= 0.3 is 0 Å². The fourth-order valence-electron chi connectivity index (χ4n) is 3.18. The predicted molar refractivity (Wildman–Crippen MR) is 113 cm³/mol. The molecule has 0 spiro atoms. The van der Waals surface area contributed by atoms with Crippen molar-refractivity contribution in [3.05, 3.63) is 72.3 Å². The third-order valence-corrected chi connectivity index (χ3v) is 4.77. The van der Waals surface area contributed by atoms with Crippen LogP contribution in [0.2, 0.25) is 0 Å². The van der Waals surface area contributed by atoms with E-state index in [1.165, 1.54) is 0 Å². The Morgan fingerprint density at radius 2 is 1.93 bits per heavy atom. The van der Waals surface area contributed by atoms with E-state index in [1.807, 2.05) is 43.5 Å². The zero-order valence-corrected chi connectivity index (χ0v) is 15.9. The maximum atomic E-state index is 5.89. The van der Waals surface area contributed by atoms with Gasteiger partial charge in [-0.25, -0.2) is 15.0 Å². The molecule has 0 radical (unpaired) electrons. The van der Waals surface area contributed by atoms with Gasteiger partial charge in [0.25, 0.3) is 0 Å². The van der Waals surface area contributed by atoms with Crippen LogP contribution in [0.5, 0.6) is 0 Å². The molecule has 140 valence electrons. The van der Waals surface area contributed by atoms with Gasteiger partial charge in [0.2, 0.25) is 0 Å². The molecule has 6 nitrogen and oxygen atoms in total. The van der Waals surface area contributed by atoms with Crippen molar-refractivity contribution >= 4 is 22.5 Å². The summed E-state index contributed by atoms with van der Waals surface area (Å²) in [4.78, 5) is 17.6. The molecule has 0 aliphatic rings. The second kappa shape index (κ2) is 7.60. The summed E-state index contributed by atoms with van der Waals surface area (Å²) >= 11 is 0. The number of hydrogen-bond donors (Lipinski definition) is 2. The van der Waals surface area contributed by atoms with E-state index in [9.17, 15) is 0 Å². The molecule has 0 fully saturated rings. The lowest BCUT2D eigenvalue weighted by Crippen LogP contribution is -2.12. The Balaban J connectivity index is 1.53. The van der Waals surface area contributed by atoms with Gasteiger partial charge in [0, 0.05) is 41.4 Å². The highest BCUT2D eigenvalue weighted by atomic mass is 15.0. The predicted octanol–water partition coefficient (Wildman–Crippen LogP) is 4.19. The molecule has 4 aromatic rings. The summed E-state index contributed by atoms with van der Waals surface area (Å²) in [5.41, 5.74) is 10.8. The molecular formula is C22H22N6. The molecule has 0 amide bonds. The molecule has 3 heterocycles. The first-order valence-electron chi connectivity index (χ1n) is 9.24. The second-order valence-corrected chi connectivity index (χ2v) is 6.91. The number of para-hydroxylation sites is 1. The number of nitrogens with one attached hydrogen (secondary N) is 1. The molecule has 0 aliphatic carbocycles. The molecule has 3 aromatic heterocycles. The van der Waals surface area contributed by atoms with Gasteiger partial charge in [-0.05, 0) is 36.8 Å². The second-order valence-electron chi connectivity index (χ2n) is 6.91. The monoisotopic (exact) mass is 370 g/mol. The van der Waals surface area contributed by atoms with Gasteiger partial charge in [-0.15, -0.1) is 0 Å². The summed E-state index contributed by atoms with van der Waals surface area (Å²) in [6, 6.07) is 16.0. The van der Waals surface area contributed by atoms with Crippen molar-refractivity contribution < 1.29 is 0 Å². The fourth-order valence-corrected chi connectivity index (χ4v) is 3.18. The summed E-state index contributed by atoms with van der Waals surface area (Å²) in [6.45, 7) is 4.85. The minimum atomic E-state index is 0.234. The van der Waals surface area contributed by atoms with Crippen LogP contribution in [0.15, 0.2) is 61.1 Å². The Morgan fingerprint density at radius 1 is 1.04 bits per heavy atom. The molecule has 0 saturated heterocycles. The van der Waals surface area contributed by atoms with Crippen molar-refractivity contribution in [3.63, 3.8) is 0 Å². The van der Waals surface area contributed by atoms with Crippen molar-refractivity contribution in [2.75, 3.05) is 17.6 Å². The molecule has 6 heteroatoms. The Morgan fingerprint density at radius 3 is 2.75 bits per heavy atom. The molecule has 0 aliphatic heterocycles. The number of benzene rings is 1. The summed E-state index contributed by atoms with van der Waals surface area (Å²) in [6.07, 6.45) is 3.40. The largest absolute Gasteiger partial charge is 0.384 e. The fraction of sp³-hybridized carbons (Fsp3) is 0.182. The number of hydrogen-bond acceptors (Lipinski definition) is 6. The Bertz CT molecular complexity index is 1110. The highest BCUT2D eigenvalue weighted by Crippen LogP contribution is 2.25. The molecule has 0 saturated carbocycles. The number of pyridine rings is 2. The first-order valence-corrected chi connectivity index (χ1v) is 9.24. The lowest BCUT2D eigenvalue weighted by atomic mass is 9.98. The van der Waals surface area contributed by atoms with Crippen LogP contribution in [0.25, 0.3) is 22.2 Å². The zero-order chi connectivity index (χ0) is 19.5. The van der Waals surface area contributed by atoms with Gasteiger partial charge in [0.1, 0.15) is 18.0 Å². The van der Waals surface area contributed by atoms with E-state index in [-0.39, 0.29) is 5.92 Å². The van der Waals surface area contributed by atoms with Gasteiger partial charge in [-0.3, -0.25) is 4.98 Å². The highest BCUT2D eigenvalue weighted by molar-refractivity contribution is 5.83. The van der Waals surface area contributed by atoms with Crippen molar-refractivity contribution in [1.82, 2.24) is 19.9 Å².